The Morgan fingerprint density at radius 3 is 2.60 bits per heavy atom. The van der Waals surface area contributed by atoms with Crippen molar-refractivity contribution in [3.05, 3.63) is 0 Å². The number of rotatable bonds is 9. The zero-order chi connectivity index (χ0) is 11.0. The number of nitrogens with one attached hydrogen (secondary N) is 1. The largest absolute Gasteiger partial charge is 0.381 e. The molecule has 0 bridgehead atoms. The van der Waals surface area contributed by atoms with Gasteiger partial charge in [-0.2, -0.15) is 0 Å². The molecule has 1 rings (SSSR count). The second-order valence-electron chi connectivity index (χ2n) is 4.80. The molecule has 90 valence electrons. The molecule has 1 fully saturated rings. The summed E-state index contributed by atoms with van der Waals surface area (Å²) in [7, 11) is 0. The van der Waals surface area contributed by atoms with Gasteiger partial charge in [-0.25, -0.2) is 0 Å². The third kappa shape index (κ3) is 5.50. The lowest BCUT2D eigenvalue weighted by atomic mass is 9.89. The summed E-state index contributed by atoms with van der Waals surface area (Å²) in [5.74, 6) is 0. The van der Waals surface area contributed by atoms with Gasteiger partial charge in [0.1, 0.15) is 0 Å². The van der Waals surface area contributed by atoms with E-state index in [-0.39, 0.29) is 0 Å². The SMILES string of the molecule is CCCCOCCCNCC1(C)COC1. The van der Waals surface area contributed by atoms with Crippen molar-refractivity contribution in [2.45, 2.75) is 33.1 Å². The number of hydrogen-bond acceptors (Lipinski definition) is 3. The molecule has 0 atom stereocenters. The Kier molecular flexibility index (Phi) is 6.22. The van der Waals surface area contributed by atoms with Gasteiger partial charge in [-0.1, -0.05) is 20.3 Å². The lowest BCUT2D eigenvalue weighted by Crippen LogP contribution is -2.47. The summed E-state index contributed by atoms with van der Waals surface area (Å²) >= 11 is 0. The molecule has 0 aliphatic carbocycles. The van der Waals surface area contributed by atoms with Gasteiger partial charge < -0.3 is 14.8 Å². The van der Waals surface area contributed by atoms with Gasteiger partial charge in [-0.05, 0) is 19.4 Å². The van der Waals surface area contributed by atoms with Gasteiger partial charge >= 0.3 is 0 Å². The highest BCUT2D eigenvalue weighted by Crippen LogP contribution is 2.24. The summed E-state index contributed by atoms with van der Waals surface area (Å²) in [5.41, 5.74) is 0.392. The average molecular weight is 215 g/mol. The van der Waals surface area contributed by atoms with Crippen LogP contribution in [0, 0.1) is 5.41 Å². The van der Waals surface area contributed by atoms with Crippen LogP contribution in [-0.4, -0.2) is 39.5 Å². The molecule has 0 unspecified atom stereocenters. The zero-order valence-corrected chi connectivity index (χ0v) is 10.2. The fourth-order valence-electron chi connectivity index (χ4n) is 1.59. The predicted molar refractivity (Wildman–Crippen MR) is 62.1 cm³/mol. The molecule has 0 radical (unpaired) electrons. The molecular weight excluding hydrogens is 190 g/mol. The molecule has 0 aromatic heterocycles. The van der Waals surface area contributed by atoms with Crippen molar-refractivity contribution in [2.24, 2.45) is 5.41 Å². The van der Waals surface area contributed by atoms with Crippen LogP contribution in [0.2, 0.25) is 0 Å². The fourth-order valence-corrected chi connectivity index (χ4v) is 1.59. The molecule has 1 heterocycles. The first-order chi connectivity index (χ1) is 7.27. The van der Waals surface area contributed by atoms with E-state index in [0.29, 0.717) is 5.41 Å². The monoisotopic (exact) mass is 215 g/mol. The van der Waals surface area contributed by atoms with E-state index >= 15 is 0 Å². The van der Waals surface area contributed by atoms with E-state index in [4.69, 9.17) is 9.47 Å². The number of hydrogen-bond donors (Lipinski definition) is 1. The van der Waals surface area contributed by atoms with Crippen LogP contribution in [0.4, 0.5) is 0 Å². The highest BCUT2D eigenvalue weighted by molar-refractivity contribution is 4.82. The van der Waals surface area contributed by atoms with E-state index in [2.05, 4.69) is 19.2 Å². The van der Waals surface area contributed by atoms with E-state index in [0.717, 1.165) is 45.9 Å². The lowest BCUT2D eigenvalue weighted by Gasteiger charge is -2.38. The van der Waals surface area contributed by atoms with Crippen LogP contribution >= 0.6 is 0 Å². The number of unbranched alkanes of at least 4 members (excludes halogenated alkanes) is 1. The first-order valence-electron chi connectivity index (χ1n) is 6.13. The molecule has 15 heavy (non-hydrogen) atoms. The van der Waals surface area contributed by atoms with Crippen LogP contribution in [0.1, 0.15) is 33.1 Å². The van der Waals surface area contributed by atoms with E-state index in [1.807, 2.05) is 0 Å². The normalized spacial score (nSPS) is 18.8. The van der Waals surface area contributed by atoms with Crippen molar-refractivity contribution in [1.29, 1.82) is 0 Å². The van der Waals surface area contributed by atoms with Crippen LogP contribution in [0.3, 0.4) is 0 Å². The van der Waals surface area contributed by atoms with Crippen LogP contribution < -0.4 is 5.32 Å². The minimum Gasteiger partial charge on any atom is -0.381 e. The van der Waals surface area contributed by atoms with E-state index in [9.17, 15) is 0 Å². The van der Waals surface area contributed by atoms with Crippen molar-refractivity contribution < 1.29 is 9.47 Å². The summed E-state index contributed by atoms with van der Waals surface area (Å²) in [6.07, 6.45) is 3.51. The summed E-state index contributed by atoms with van der Waals surface area (Å²) in [6, 6.07) is 0. The highest BCUT2D eigenvalue weighted by atomic mass is 16.5. The molecule has 0 saturated carbocycles. The Morgan fingerprint density at radius 2 is 2.00 bits per heavy atom. The zero-order valence-electron chi connectivity index (χ0n) is 10.2. The van der Waals surface area contributed by atoms with Gasteiger partial charge in [-0.3, -0.25) is 0 Å². The molecule has 1 aliphatic heterocycles. The second-order valence-corrected chi connectivity index (χ2v) is 4.80. The summed E-state index contributed by atoms with van der Waals surface area (Å²) in [4.78, 5) is 0. The quantitative estimate of drug-likeness (QED) is 0.595. The van der Waals surface area contributed by atoms with Crippen LogP contribution in [-0.2, 0) is 9.47 Å². The maximum atomic E-state index is 5.48. The Labute approximate surface area is 93.5 Å². The Hall–Kier alpha value is -0.120. The number of ether oxygens (including phenoxy) is 2. The van der Waals surface area contributed by atoms with Crippen LogP contribution in [0.5, 0.6) is 0 Å². The third-order valence-electron chi connectivity index (χ3n) is 2.74. The van der Waals surface area contributed by atoms with Gasteiger partial charge in [0.15, 0.2) is 0 Å². The van der Waals surface area contributed by atoms with Crippen molar-refractivity contribution >= 4 is 0 Å². The van der Waals surface area contributed by atoms with Gasteiger partial charge in [0.2, 0.25) is 0 Å². The minimum absolute atomic E-state index is 0.392. The van der Waals surface area contributed by atoms with Gasteiger partial charge in [0.05, 0.1) is 13.2 Å². The Balaban J connectivity index is 1.77. The van der Waals surface area contributed by atoms with E-state index in [1.165, 1.54) is 12.8 Å². The van der Waals surface area contributed by atoms with Crippen LogP contribution in [0.15, 0.2) is 0 Å². The molecule has 0 aromatic carbocycles. The predicted octanol–water partition coefficient (Wildman–Crippen LogP) is 1.82. The molecule has 0 amide bonds. The standard InChI is InChI=1S/C12H25NO2/c1-3-4-7-14-8-5-6-13-9-12(2)10-15-11-12/h13H,3-11H2,1-2H3. The van der Waals surface area contributed by atoms with Gasteiger partial charge in [-0.15, -0.1) is 0 Å². The van der Waals surface area contributed by atoms with Gasteiger partial charge in [0, 0.05) is 25.2 Å². The highest BCUT2D eigenvalue weighted by Gasteiger charge is 2.32. The van der Waals surface area contributed by atoms with E-state index < -0.39 is 0 Å². The minimum atomic E-state index is 0.392. The average Bonchev–Trinajstić information content (AvgIpc) is 2.19. The van der Waals surface area contributed by atoms with Gasteiger partial charge in [0.25, 0.3) is 0 Å². The molecule has 1 saturated heterocycles. The van der Waals surface area contributed by atoms with Crippen molar-refractivity contribution in [3.63, 3.8) is 0 Å². The lowest BCUT2D eigenvalue weighted by molar-refractivity contribution is -0.0990. The van der Waals surface area contributed by atoms with Crippen molar-refractivity contribution in [3.8, 4) is 0 Å². The summed E-state index contributed by atoms with van der Waals surface area (Å²) < 4.78 is 10.7. The van der Waals surface area contributed by atoms with E-state index in [1.54, 1.807) is 0 Å². The second kappa shape index (κ2) is 7.20. The smallest absolute Gasteiger partial charge is 0.0554 e. The molecule has 1 aliphatic rings. The van der Waals surface area contributed by atoms with Crippen molar-refractivity contribution in [1.82, 2.24) is 5.32 Å². The topological polar surface area (TPSA) is 30.5 Å². The molecule has 0 aromatic rings. The summed E-state index contributed by atoms with van der Waals surface area (Å²) in [6.45, 7) is 10.2. The Bertz CT molecular complexity index is 158. The molecule has 3 nitrogen and oxygen atoms in total. The molecule has 0 spiro atoms. The fraction of sp³-hybridized carbons (Fsp3) is 1.00. The summed E-state index contributed by atoms with van der Waals surface area (Å²) in [5, 5.41) is 3.46. The maximum Gasteiger partial charge on any atom is 0.0554 e. The molecular formula is C12H25NO2. The first-order valence-corrected chi connectivity index (χ1v) is 6.13. The third-order valence-corrected chi connectivity index (χ3v) is 2.74. The van der Waals surface area contributed by atoms with Crippen LogP contribution in [0.25, 0.3) is 0 Å². The molecule has 1 N–H and O–H groups in total. The van der Waals surface area contributed by atoms with Crippen molar-refractivity contribution in [2.75, 3.05) is 39.5 Å². The first kappa shape index (κ1) is 12.9. The maximum absolute atomic E-state index is 5.48. The Morgan fingerprint density at radius 1 is 1.27 bits per heavy atom. The molecule has 3 heteroatoms.